The molecule has 0 aromatic heterocycles. The predicted octanol–water partition coefficient (Wildman–Crippen LogP) is 1.03. The zero-order chi connectivity index (χ0) is 16.3. The lowest BCUT2D eigenvalue weighted by molar-refractivity contribution is -0.127. The summed E-state index contributed by atoms with van der Waals surface area (Å²) in [5, 5.41) is 4.93. The largest absolute Gasteiger partial charge is 0.488 e. The van der Waals surface area contributed by atoms with E-state index in [9.17, 15) is 17.6 Å². The lowest BCUT2D eigenvalue weighted by Gasteiger charge is -2.23. The van der Waals surface area contributed by atoms with Crippen LogP contribution >= 0.6 is 0 Å². The van der Waals surface area contributed by atoms with Gasteiger partial charge in [0, 0.05) is 6.54 Å². The Morgan fingerprint density at radius 3 is 2.86 bits per heavy atom. The van der Waals surface area contributed by atoms with Gasteiger partial charge >= 0.3 is 0 Å². The van der Waals surface area contributed by atoms with Crippen molar-refractivity contribution in [3.8, 4) is 5.75 Å². The monoisotopic (exact) mass is 328 g/mol. The molecule has 6 nitrogen and oxygen atoms in total. The fourth-order valence-electron chi connectivity index (χ4n) is 2.38. The molecule has 1 saturated heterocycles. The van der Waals surface area contributed by atoms with E-state index in [2.05, 4.69) is 6.58 Å². The quantitative estimate of drug-likeness (QED) is 0.818. The van der Waals surface area contributed by atoms with Crippen LogP contribution in [0.25, 0.3) is 0 Å². The van der Waals surface area contributed by atoms with Crippen molar-refractivity contribution in [1.29, 1.82) is 0 Å². The molecule has 1 atom stereocenters. The van der Waals surface area contributed by atoms with Crippen LogP contribution in [0.1, 0.15) is 12.8 Å². The van der Waals surface area contributed by atoms with Crippen molar-refractivity contribution in [2.75, 3.05) is 13.2 Å². The number of benzene rings is 1. The normalized spacial score (nSPS) is 18.3. The summed E-state index contributed by atoms with van der Waals surface area (Å²) >= 11 is 0. The van der Waals surface area contributed by atoms with Crippen molar-refractivity contribution in [3.05, 3.63) is 36.7 Å². The SMILES string of the molecule is C=CC(=O)N1CCCC1COc1ccc(S(N)(=O)=O)cc1F. The molecule has 22 heavy (non-hydrogen) atoms. The van der Waals surface area contributed by atoms with Crippen molar-refractivity contribution in [1.82, 2.24) is 4.90 Å². The number of carbonyl (C=O) groups excluding carboxylic acids is 1. The molecule has 0 saturated carbocycles. The second-order valence-electron chi connectivity index (χ2n) is 4.98. The number of rotatable bonds is 5. The van der Waals surface area contributed by atoms with E-state index in [0.29, 0.717) is 6.54 Å². The number of amides is 1. The fraction of sp³-hybridized carbons (Fsp3) is 0.357. The molecule has 1 aliphatic rings. The number of sulfonamides is 1. The van der Waals surface area contributed by atoms with Crippen LogP contribution < -0.4 is 9.88 Å². The molecule has 0 radical (unpaired) electrons. The van der Waals surface area contributed by atoms with E-state index in [1.165, 1.54) is 18.2 Å². The van der Waals surface area contributed by atoms with Crippen LogP contribution in [0.2, 0.25) is 0 Å². The topological polar surface area (TPSA) is 89.7 Å². The Hall–Kier alpha value is -1.93. The highest BCUT2D eigenvalue weighted by Crippen LogP contribution is 2.23. The van der Waals surface area contributed by atoms with E-state index >= 15 is 0 Å². The maximum Gasteiger partial charge on any atom is 0.246 e. The highest BCUT2D eigenvalue weighted by atomic mass is 32.2. The molecule has 1 amide bonds. The van der Waals surface area contributed by atoms with Crippen LogP contribution in [0.15, 0.2) is 35.7 Å². The zero-order valence-electron chi connectivity index (χ0n) is 11.9. The van der Waals surface area contributed by atoms with Gasteiger partial charge in [-0.25, -0.2) is 17.9 Å². The number of ether oxygens (including phenoxy) is 1. The number of nitrogens with zero attached hydrogens (tertiary/aromatic N) is 1. The van der Waals surface area contributed by atoms with Crippen molar-refractivity contribution < 1.29 is 22.3 Å². The Kier molecular flexibility index (Phi) is 4.82. The lowest BCUT2D eigenvalue weighted by Crippen LogP contribution is -2.38. The molecule has 8 heteroatoms. The van der Waals surface area contributed by atoms with E-state index in [0.717, 1.165) is 18.9 Å². The summed E-state index contributed by atoms with van der Waals surface area (Å²) in [6.45, 7) is 4.19. The van der Waals surface area contributed by atoms with Crippen molar-refractivity contribution in [2.24, 2.45) is 5.14 Å². The molecular formula is C14H17FN2O4S. The lowest BCUT2D eigenvalue weighted by atomic mass is 10.2. The third kappa shape index (κ3) is 3.63. The van der Waals surface area contributed by atoms with Crippen LogP contribution in [0, 0.1) is 5.82 Å². The summed E-state index contributed by atoms with van der Waals surface area (Å²) in [4.78, 5) is 13.0. The first-order valence-electron chi connectivity index (χ1n) is 6.71. The minimum absolute atomic E-state index is 0.0784. The molecule has 1 aromatic carbocycles. The second kappa shape index (κ2) is 6.45. The number of halogens is 1. The minimum Gasteiger partial charge on any atom is -0.488 e. The summed E-state index contributed by atoms with van der Waals surface area (Å²) < 4.78 is 41.5. The minimum atomic E-state index is -3.96. The van der Waals surface area contributed by atoms with Gasteiger partial charge in [0.15, 0.2) is 11.6 Å². The van der Waals surface area contributed by atoms with Crippen molar-refractivity contribution in [2.45, 2.75) is 23.8 Å². The van der Waals surface area contributed by atoms with Crippen molar-refractivity contribution in [3.63, 3.8) is 0 Å². The molecule has 1 unspecified atom stereocenters. The van der Waals surface area contributed by atoms with Gasteiger partial charge in [-0.15, -0.1) is 0 Å². The number of nitrogens with two attached hydrogens (primary N) is 1. The molecule has 1 aliphatic heterocycles. The number of carbonyl (C=O) groups is 1. The summed E-state index contributed by atoms with van der Waals surface area (Å²) in [7, 11) is -3.96. The standard InChI is InChI=1S/C14H17FN2O4S/c1-2-14(18)17-7-3-4-10(17)9-21-13-6-5-11(8-12(13)15)22(16,19)20/h2,5-6,8,10H,1,3-4,7,9H2,(H2,16,19,20). The van der Waals surface area contributed by atoms with Crippen LogP contribution in [0.5, 0.6) is 5.75 Å². The molecule has 1 fully saturated rings. The summed E-state index contributed by atoms with van der Waals surface area (Å²) in [5.74, 6) is -1.08. The summed E-state index contributed by atoms with van der Waals surface area (Å²) in [5.41, 5.74) is 0. The van der Waals surface area contributed by atoms with Gasteiger partial charge in [-0.2, -0.15) is 0 Å². The second-order valence-corrected chi connectivity index (χ2v) is 6.54. The van der Waals surface area contributed by atoms with Crippen LogP contribution in [0.4, 0.5) is 4.39 Å². The Labute approximate surface area is 128 Å². The Morgan fingerprint density at radius 1 is 1.55 bits per heavy atom. The molecular weight excluding hydrogens is 311 g/mol. The molecule has 2 N–H and O–H groups in total. The average Bonchev–Trinajstić information content (AvgIpc) is 2.92. The van der Waals surface area contributed by atoms with E-state index in [-0.39, 0.29) is 29.2 Å². The highest BCUT2D eigenvalue weighted by Gasteiger charge is 2.28. The fourth-order valence-corrected chi connectivity index (χ4v) is 2.90. The molecule has 0 bridgehead atoms. The van der Waals surface area contributed by atoms with E-state index in [4.69, 9.17) is 9.88 Å². The van der Waals surface area contributed by atoms with E-state index in [1.807, 2.05) is 0 Å². The molecule has 2 rings (SSSR count). The van der Waals surface area contributed by atoms with E-state index < -0.39 is 15.8 Å². The smallest absolute Gasteiger partial charge is 0.246 e. The Bertz CT molecular complexity index is 690. The average molecular weight is 328 g/mol. The van der Waals surface area contributed by atoms with Gasteiger partial charge in [-0.1, -0.05) is 6.58 Å². The molecule has 1 heterocycles. The van der Waals surface area contributed by atoms with E-state index in [1.54, 1.807) is 4.90 Å². The summed E-state index contributed by atoms with van der Waals surface area (Å²) in [6, 6.07) is 3.05. The molecule has 0 spiro atoms. The zero-order valence-corrected chi connectivity index (χ0v) is 12.7. The van der Waals surface area contributed by atoms with Gasteiger partial charge in [0.1, 0.15) is 6.61 Å². The number of primary sulfonamides is 1. The van der Waals surface area contributed by atoms with Crippen LogP contribution in [-0.2, 0) is 14.8 Å². The third-order valence-electron chi connectivity index (χ3n) is 3.50. The maximum absolute atomic E-state index is 13.8. The van der Waals surface area contributed by atoms with Crippen molar-refractivity contribution >= 4 is 15.9 Å². The molecule has 1 aromatic rings. The summed E-state index contributed by atoms with van der Waals surface area (Å²) in [6.07, 6.45) is 2.84. The first-order valence-corrected chi connectivity index (χ1v) is 8.25. The number of hydrogen-bond acceptors (Lipinski definition) is 4. The number of hydrogen-bond donors (Lipinski definition) is 1. The molecule has 120 valence electrons. The van der Waals surface area contributed by atoms with Gasteiger partial charge in [-0.05, 0) is 37.1 Å². The van der Waals surface area contributed by atoms with Crippen LogP contribution in [0.3, 0.4) is 0 Å². The van der Waals surface area contributed by atoms with Gasteiger partial charge in [0.25, 0.3) is 0 Å². The first kappa shape index (κ1) is 16.4. The Morgan fingerprint density at radius 2 is 2.27 bits per heavy atom. The van der Waals surface area contributed by atoms with Crippen LogP contribution in [-0.4, -0.2) is 38.4 Å². The number of likely N-dealkylation sites (tertiary alicyclic amines) is 1. The van der Waals surface area contributed by atoms with Gasteiger partial charge in [0.2, 0.25) is 15.9 Å². The van der Waals surface area contributed by atoms with Gasteiger partial charge in [0.05, 0.1) is 10.9 Å². The Balaban J connectivity index is 2.06. The maximum atomic E-state index is 13.8. The third-order valence-corrected chi connectivity index (χ3v) is 4.41. The van der Waals surface area contributed by atoms with Gasteiger partial charge < -0.3 is 9.64 Å². The first-order chi connectivity index (χ1) is 10.3. The van der Waals surface area contributed by atoms with Gasteiger partial charge in [-0.3, -0.25) is 4.79 Å². The molecule has 0 aliphatic carbocycles. The predicted molar refractivity (Wildman–Crippen MR) is 78.2 cm³/mol. The highest BCUT2D eigenvalue weighted by molar-refractivity contribution is 7.89.